The minimum absolute atomic E-state index is 0.0417. The van der Waals surface area contributed by atoms with Crippen molar-refractivity contribution in [2.24, 2.45) is 0 Å². The molecular formula is C11H13BrN2. The molecular weight excluding hydrogens is 240 g/mol. The van der Waals surface area contributed by atoms with E-state index in [9.17, 15) is 0 Å². The van der Waals surface area contributed by atoms with Gasteiger partial charge in [0.05, 0.1) is 6.04 Å². The van der Waals surface area contributed by atoms with Crippen molar-refractivity contribution in [2.75, 3.05) is 6.54 Å². The fraction of sp³-hybridized carbons (Fsp3) is 0.364. The van der Waals surface area contributed by atoms with Gasteiger partial charge in [-0.1, -0.05) is 12.8 Å². The van der Waals surface area contributed by atoms with Crippen LogP contribution in [0.2, 0.25) is 0 Å². The minimum Gasteiger partial charge on any atom is -0.300 e. The second kappa shape index (κ2) is 5.79. The number of hydrogen-bond acceptors (Lipinski definition) is 2. The molecule has 1 rings (SSSR count). The van der Waals surface area contributed by atoms with E-state index < -0.39 is 0 Å². The van der Waals surface area contributed by atoms with Crippen LogP contribution in [-0.4, -0.2) is 11.5 Å². The van der Waals surface area contributed by atoms with Crippen molar-refractivity contribution >= 4 is 15.9 Å². The van der Waals surface area contributed by atoms with E-state index in [-0.39, 0.29) is 6.04 Å². The van der Waals surface area contributed by atoms with Crippen LogP contribution in [0.15, 0.2) is 22.9 Å². The van der Waals surface area contributed by atoms with Gasteiger partial charge in [0, 0.05) is 22.4 Å². The molecule has 3 heteroatoms. The van der Waals surface area contributed by atoms with Crippen molar-refractivity contribution in [2.45, 2.75) is 19.4 Å². The van der Waals surface area contributed by atoms with Gasteiger partial charge in [-0.15, -0.1) is 6.42 Å². The molecule has 0 saturated heterocycles. The van der Waals surface area contributed by atoms with Gasteiger partial charge in [0.2, 0.25) is 0 Å². The maximum atomic E-state index is 5.44. The van der Waals surface area contributed by atoms with E-state index in [0.717, 1.165) is 23.0 Å². The SMILES string of the molecule is C#CC(NCCC)c1cncc(Br)c1. The molecule has 2 nitrogen and oxygen atoms in total. The van der Waals surface area contributed by atoms with E-state index in [1.807, 2.05) is 6.07 Å². The Morgan fingerprint density at radius 2 is 2.43 bits per heavy atom. The van der Waals surface area contributed by atoms with E-state index in [0.29, 0.717) is 0 Å². The highest BCUT2D eigenvalue weighted by molar-refractivity contribution is 9.10. The summed E-state index contributed by atoms with van der Waals surface area (Å²) in [7, 11) is 0. The summed E-state index contributed by atoms with van der Waals surface area (Å²) >= 11 is 3.37. The van der Waals surface area contributed by atoms with E-state index >= 15 is 0 Å². The molecule has 0 fully saturated rings. The molecule has 14 heavy (non-hydrogen) atoms. The van der Waals surface area contributed by atoms with Gasteiger partial charge in [-0.2, -0.15) is 0 Å². The molecule has 0 bridgehead atoms. The Kier molecular flexibility index (Phi) is 4.64. The van der Waals surface area contributed by atoms with Gasteiger partial charge in [0.1, 0.15) is 0 Å². The van der Waals surface area contributed by atoms with Crippen LogP contribution in [-0.2, 0) is 0 Å². The van der Waals surface area contributed by atoms with Crippen LogP contribution in [0.3, 0.4) is 0 Å². The zero-order valence-electron chi connectivity index (χ0n) is 8.13. The van der Waals surface area contributed by atoms with Gasteiger partial charge in [-0.25, -0.2) is 0 Å². The molecule has 1 aromatic rings. The van der Waals surface area contributed by atoms with Gasteiger partial charge < -0.3 is 0 Å². The third-order valence-electron chi connectivity index (χ3n) is 1.82. The minimum atomic E-state index is -0.0417. The lowest BCUT2D eigenvalue weighted by atomic mass is 10.1. The number of nitrogens with zero attached hydrogens (tertiary/aromatic N) is 1. The number of rotatable bonds is 4. The first-order valence-corrected chi connectivity index (χ1v) is 5.37. The van der Waals surface area contributed by atoms with Crippen LogP contribution in [0, 0.1) is 12.3 Å². The average Bonchev–Trinajstić information content (AvgIpc) is 2.19. The number of terminal acetylenes is 1. The summed E-state index contributed by atoms with van der Waals surface area (Å²) in [6, 6.07) is 1.94. The monoisotopic (exact) mass is 252 g/mol. The quantitative estimate of drug-likeness (QED) is 0.834. The van der Waals surface area contributed by atoms with Crippen LogP contribution in [0.5, 0.6) is 0 Å². The molecule has 1 heterocycles. The Balaban J connectivity index is 2.75. The van der Waals surface area contributed by atoms with Crippen molar-refractivity contribution in [3.8, 4) is 12.3 Å². The van der Waals surface area contributed by atoms with Crippen LogP contribution in [0.4, 0.5) is 0 Å². The van der Waals surface area contributed by atoms with E-state index in [1.165, 1.54) is 0 Å². The van der Waals surface area contributed by atoms with E-state index in [4.69, 9.17) is 6.42 Å². The summed E-state index contributed by atoms with van der Waals surface area (Å²) in [5.41, 5.74) is 1.02. The molecule has 0 amide bonds. The van der Waals surface area contributed by atoms with Gasteiger partial charge in [0.25, 0.3) is 0 Å². The van der Waals surface area contributed by atoms with Gasteiger partial charge in [-0.3, -0.25) is 10.3 Å². The Bertz CT molecular complexity index is 330. The van der Waals surface area contributed by atoms with Gasteiger partial charge in [0.15, 0.2) is 0 Å². The highest BCUT2D eigenvalue weighted by Gasteiger charge is 2.06. The van der Waals surface area contributed by atoms with Gasteiger partial charge >= 0.3 is 0 Å². The summed E-state index contributed by atoms with van der Waals surface area (Å²) < 4.78 is 0.952. The van der Waals surface area contributed by atoms with E-state index in [2.05, 4.69) is 39.1 Å². The summed E-state index contributed by atoms with van der Waals surface area (Å²) in [5, 5.41) is 3.27. The van der Waals surface area contributed by atoms with Crippen molar-refractivity contribution in [1.29, 1.82) is 0 Å². The highest BCUT2D eigenvalue weighted by Crippen LogP contribution is 2.15. The van der Waals surface area contributed by atoms with Crippen LogP contribution >= 0.6 is 15.9 Å². The fourth-order valence-electron chi connectivity index (χ4n) is 1.15. The Labute approximate surface area is 93.3 Å². The average molecular weight is 253 g/mol. The maximum absolute atomic E-state index is 5.44. The fourth-order valence-corrected chi connectivity index (χ4v) is 1.53. The third-order valence-corrected chi connectivity index (χ3v) is 2.26. The van der Waals surface area contributed by atoms with Crippen LogP contribution < -0.4 is 5.32 Å². The largest absolute Gasteiger partial charge is 0.300 e. The zero-order valence-corrected chi connectivity index (χ0v) is 9.71. The number of hydrogen-bond donors (Lipinski definition) is 1. The molecule has 1 unspecified atom stereocenters. The smallest absolute Gasteiger partial charge is 0.0958 e. The predicted octanol–water partition coefficient (Wildman–Crippen LogP) is 2.52. The number of halogens is 1. The third kappa shape index (κ3) is 3.13. The molecule has 1 aromatic heterocycles. The Hall–Kier alpha value is -0.850. The second-order valence-corrected chi connectivity index (χ2v) is 3.91. The Morgan fingerprint density at radius 1 is 1.64 bits per heavy atom. The maximum Gasteiger partial charge on any atom is 0.0958 e. The molecule has 0 spiro atoms. The molecule has 0 aromatic carbocycles. The highest BCUT2D eigenvalue weighted by atomic mass is 79.9. The standard InChI is InChI=1S/C11H13BrN2/c1-3-5-14-11(4-2)9-6-10(12)8-13-7-9/h2,6-8,11,14H,3,5H2,1H3. The van der Waals surface area contributed by atoms with Crippen molar-refractivity contribution in [1.82, 2.24) is 10.3 Å². The van der Waals surface area contributed by atoms with Gasteiger partial charge in [-0.05, 0) is 35.0 Å². The summed E-state index contributed by atoms with van der Waals surface area (Å²) in [4.78, 5) is 4.08. The first-order chi connectivity index (χ1) is 6.77. The topological polar surface area (TPSA) is 24.9 Å². The normalized spacial score (nSPS) is 12.1. The van der Waals surface area contributed by atoms with Crippen molar-refractivity contribution in [3.05, 3.63) is 28.5 Å². The van der Waals surface area contributed by atoms with E-state index in [1.54, 1.807) is 12.4 Å². The number of nitrogens with one attached hydrogen (secondary N) is 1. The van der Waals surface area contributed by atoms with Crippen molar-refractivity contribution < 1.29 is 0 Å². The van der Waals surface area contributed by atoms with Crippen LogP contribution in [0.25, 0.3) is 0 Å². The lowest BCUT2D eigenvalue weighted by Gasteiger charge is -2.12. The molecule has 0 radical (unpaired) electrons. The molecule has 0 saturated carbocycles. The second-order valence-electron chi connectivity index (χ2n) is 2.99. The summed E-state index contributed by atoms with van der Waals surface area (Å²) in [5.74, 6) is 2.71. The molecule has 1 atom stereocenters. The first-order valence-electron chi connectivity index (χ1n) is 4.58. The molecule has 74 valence electrons. The lowest BCUT2D eigenvalue weighted by Crippen LogP contribution is -2.20. The van der Waals surface area contributed by atoms with Crippen LogP contribution in [0.1, 0.15) is 24.9 Å². The number of aromatic nitrogens is 1. The lowest BCUT2D eigenvalue weighted by molar-refractivity contribution is 0.624. The Morgan fingerprint density at radius 3 is 3.00 bits per heavy atom. The molecule has 1 N–H and O–H groups in total. The predicted molar refractivity (Wildman–Crippen MR) is 61.8 cm³/mol. The number of pyridine rings is 1. The molecule has 0 aliphatic heterocycles. The zero-order chi connectivity index (χ0) is 10.4. The molecule has 0 aliphatic rings. The first kappa shape index (κ1) is 11.2. The molecule has 0 aliphatic carbocycles. The summed E-state index contributed by atoms with van der Waals surface area (Å²) in [6.45, 7) is 3.03. The summed E-state index contributed by atoms with van der Waals surface area (Å²) in [6.07, 6.45) is 10.0. The van der Waals surface area contributed by atoms with Crippen molar-refractivity contribution in [3.63, 3.8) is 0 Å².